The molecule has 0 unspecified atom stereocenters. The van der Waals surface area contributed by atoms with Crippen LogP contribution in [0.3, 0.4) is 0 Å². The third-order valence-corrected chi connectivity index (χ3v) is 4.51. The molecular weight excluding hydrogens is 304 g/mol. The second-order valence-corrected chi connectivity index (χ2v) is 6.20. The van der Waals surface area contributed by atoms with Crippen LogP contribution >= 0.6 is 11.6 Å². The number of carbonyl (C=O) groups is 2. The summed E-state index contributed by atoms with van der Waals surface area (Å²) >= 11 is 5.96. The lowest BCUT2D eigenvalue weighted by Crippen LogP contribution is -2.43. The van der Waals surface area contributed by atoms with Crippen LogP contribution in [0.2, 0.25) is 5.02 Å². The van der Waals surface area contributed by atoms with E-state index in [1.54, 1.807) is 0 Å². The van der Waals surface area contributed by atoms with E-state index in [2.05, 4.69) is 10.6 Å². The molecule has 0 bridgehead atoms. The minimum absolute atomic E-state index is 0.0579. The van der Waals surface area contributed by atoms with Gasteiger partial charge in [0, 0.05) is 17.6 Å². The van der Waals surface area contributed by atoms with Gasteiger partial charge in [0.15, 0.2) is 0 Å². The van der Waals surface area contributed by atoms with Crippen LogP contribution < -0.4 is 10.6 Å². The third kappa shape index (κ3) is 4.63. The number of carboxylic acid groups (broad SMARTS) is 1. The summed E-state index contributed by atoms with van der Waals surface area (Å²) < 4.78 is 0. The highest BCUT2D eigenvalue weighted by molar-refractivity contribution is 6.31. The van der Waals surface area contributed by atoms with Gasteiger partial charge < -0.3 is 15.7 Å². The Kier molecular flexibility index (Phi) is 5.66. The molecule has 0 aromatic heterocycles. The smallest absolute Gasteiger partial charge is 0.315 e. The molecule has 0 spiro atoms. The number of urea groups is 1. The number of rotatable bonds is 4. The summed E-state index contributed by atoms with van der Waals surface area (Å²) in [6.07, 6.45) is 2.67. The van der Waals surface area contributed by atoms with Gasteiger partial charge in [0.1, 0.15) is 0 Å². The molecule has 1 aliphatic carbocycles. The number of halogens is 1. The Morgan fingerprint density at radius 2 is 1.95 bits per heavy atom. The summed E-state index contributed by atoms with van der Waals surface area (Å²) in [6, 6.07) is 5.49. The molecule has 1 aromatic carbocycles. The number of aryl methyl sites for hydroxylation is 1. The number of carbonyl (C=O) groups excluding carboxylic acids is 1. The van der Waals surface area contributed by atoms with Gasteiger partial charge in [-0.1, -0.05) is 23.7 Å². The predicted octanol–water partition coefficient (Wildman–Crippen LogP) is 3.09. The van der Waals surface area contributed by atoms with Crippen molar-refractivity contribution < 1.29 is 14.7 Å². The zero-order valence-electron chi connectivity index (χ0n) is 12.6. The largest absolute Gasteiger partial charge is 0.481 e. The van der Waals surface area contributed by atoms with Crippen LogP contribution in [0, 0.1) is 12.8 Å². The molecule has 1 aromatic rings. The molecule has 0 saturated heterocycles. The van der Waals surface area contributed by atoms with E-state index in [4.69, 9.17) is 16.7 Å². The normalized spacial score (nSPS) is 21.2. The van der Waals surface area contributed by atoms with E-state index in [1.807, 2.05) is 25.1 Å². The van der Waals surface area contributed by atoms with Gasteiger partial charge in [-0.05, 0) is 49.8 Å². The maximum absolute atomic E-state index is 11.9. The van der Waals surface area contributed by atoms with Crippen molar-refractivity contribution in [3.63, 3.8) is 0 Å². The number of aliphatic carboxylic acids is 1. The third-order valence-electron chi connectivity index (χ3n) is 4.09. The number of hydrogen-bond donors (Lipinski definition) is 3. The Bertz CT molecular complexity index is 554. The Labute approximate surface area is 135 Å². The van der Waals surface area contributed by atoms with E-state index < -0.39 is 5.97 Å². The summed E-state index contributed by atoms with van der Waals surface area (Å²) in [7, 11) is 0. The number of benzene rings is 1. The van der Waals surface area contributed by atoms with Gasteiger partial charge in [0.05, 0.1) is 5.92 Å². The van der Waals surface area contributed by atoms with Crippen LogP contribution in [0.15, 0.2) is 18.2 Å². The lowest BCUT2D eigenvalue weighted by atomic mass is 9.86. The number of carboxylic acids is 1. The minimum atomic E-state index is -0.735. The average molecular weight is 325 g/mol. The van der Waals surface area contributed by atoms with Gasteiger partial charge in [0.25, 0.3) is 0 Å². The Balaban J connectivity index is 1.74. The molecule has 120 valence electrons. The summed E-state index contributed by atoms with van der Waals surface area (Å²) in [6.45, 7) is 2.36. The lowest BCUT2D eigenvalue weighted by molar-refractivity contribution is -0.142. The fourth-order valence-corrected chi connectivity index (χ4v) is 2.84. The van der Waals surface area contributed by atoms with Crippen molar-refractivity contribution in [2.75, 3.05) is 0 Å². The van der Waals surface area contributed by atoms with Crippen molar-refractivity contribution in [3.05, 3.63) is 34.3 Å². The van der Waals surface area contributed by atoms with E-state index in [1.165, 1.54) is 0 Å². The molecule has 5 nitrogen and oxygen atoms in total. The SMILES string of the molecule is Cc1cc(CNC(=O)NC2CCC(C(=O)O)CC2)ccc1Cl. The van der Waals surface area contributed by atoms with Crippen LogP contribution in [-0.2, 0) is 11.3 Å². The molecule has 2 rings (SSSR count). The number of amides is 2. The summed E-state index contributed by atoms with van der Waals surface area (Å²) in [5.74, 6) is -1.00. The Morgan fingerprint density at radius 3 is 2.55 bits per heavy atom. The first-order chi connectivity index (χ1) is 10.5. The van der Waals surface area contributed by atoms with Gasteiger partial charge in [-0.2, -0.15) is 0 Å². The van der Waals surface area contributed by atoms with E-state index in [9.17, 15) is 9.59 Å². The van der Waals surface area contributed by atoms with E-state index in [0.29, 0.717) is 37.3 Å². The summed E-state index contributed by atoms with van der Waals surface area (Å²) in [5, 5.41) is 15.4. The predicted molar refractivity (Wildman–Crippen MR) is 84.9 cm³/mol. The highest BCUT2D eigenvalue weighted by Crippen LogP contribution is 2.24. The maximum atomic E-state index is 11.9. The maximum Gasteiger partial charge on any atom is 0.315 e. The second-order valence-electron chi connectivity index (χ2n) is 5.80. The van der Waals surface area contributed by atoms with E-state index in [-0.39, 0.29) is 18.0 Å². The molecule has 0 radical (unpaired) electrons. The molecule has 2 amide bonds. The van der Waals surface area contributed by atoms with E-state index in [0.717, 1.165) is 11.1 Å². The minimum Gasteiger partial charge on any atom is -0.481 e. The number of hydrogen-bond acceptors (Lipinski definition) is 2. The van der Waals surface area contributed by atoms with Crippen molar-refractivity contribution in [3.8, 4) is 0 Å². The molecule has 6 heteroatoms. The Morgan fingerprint density at radius 1 is 1.27 bits per heavy atom. The van der Waals surface area contributed by atoms with Crippen molar-refractivity contribution in [1.82, 2.24) is 10.6 Å². The van der Waals surface area contributed by atoms with Gasteiger partial charge in [-0.25, -0.2) is 4.79 Å². The summed E-state index contributed by atoms with van der Waals surface area (Å²) in [4.78, 5) is 22.8. The van der Waals surface area contributed by atoms with Crippen LogP contribution in [0.4, 0.5) is 4.79 Å². The first-order valence-corrected chi connectivity index (χ1v) is 7.85. The molecule has 0 heterocycles. The highest BCUT2D eigenvalue weighted by Gasteiger charge is 2.26. The van der Waals surface area contributed by atoms with Crippen LogP contribution in [0.5, 0.6) is 0 Å². The van der Waals surface area contributed by atoms with Crippen molar-refractivity contribution in [2.45, 2.75) is 45.2 Å². The quantitative estimate of drug-likeness (QED) is 0.796. The van der Waals surface area contributed by atoms with Gasteiger partial charge in [-0.3, -0.25) is 4.79 Å². The van der Waals surface area contributed by atoms with Gasteiger partial charge >= 0.3 is 12.0 Å². The van der Waals surface area contributed by atoms with Gasteiger partial charge in [-0.15, -0.1) is 0 Å². The van der Waals surface area contributed by atoms with Crippen LogP contribution in [-0.4, -0.2) is 23.1 Å². The standard InChI is InChI=1S/C16H21ClN2O3/c1-10-8-11(2-7-14(10)17)9-18-16(22)19-13-5-3-12(4-6-13)15(20)21/h2,7-8,12-13H,3-6,9H2,1H3,(H,20,21)(H2,18,19,22). The molecule has 1 fully saturated rings. The fourth-order valence-electron chi connectivity index (χ4n) is 2.72. The second kappa shape index (κ2) is 7.49. The molecule has 1 saturated carbocycles. The summed E-state index contributed by atoms with van der Waals surface area (Å²) in [5.41, 5.74) is 1.97. The molecule has 0 aliphatic heterocycles. The Hall–Kier alpha value is -1.75. The van der Waals surface area contributed by atoms with Gasteiger partial charge in [0.2, 0.25) is 0 Å². The molecule has 3 N–H and O–H groups in total. The highest BCUT2D eigenvalue weighted by atomic mass is 35.5. The van der Waals surface area contributed by atoms with Crippen molar-refractivity contribution in [2.24, 2.45) is 5.92 Å². The average Bonchev–Trinajstić information content (AvgIpc) is 2.49. The number of nitrogens with one attached hydrogen (secondary N) is 2. The van der Waals surface area contributed by atoms with E-state index >= 15 is 0 Å². The lowest BCUT2D eigenvalue weighted by Gasteiger charge is -2.26. The molecule has 22 heavy (non-hydrogen) atoms. The van der Waals surface area contributed by atoms with Crippen LogP contribution in [0.25, 0.3) is 0 Å². The first kappa shape index (κ1) is 16.6. The fraction of sp³-hybridized carbons (Fsp3) is 0.500. The zero-order chi connectivity index (χ0) is 16.1. The topological polar surface area (TPSA) is 78.4 Å². The monoisotopic (exact) mass is 324 g/mol. The van der Waals surface area contributed by atoms with Crippen molar-refractivity contribution >= 4 is 23.6 Å². The first-order valence-electron chi connectivity index (χ1n) is 7.48. The molecular formula is C16H21ClN2O3. The van der Waals surface area contributed by atoms with Crippen molar-refractivity contribution in [1.29, 1.82) is 0 Å². The van der Waals surface area contributed by atoms with Crippen LogP contribution in [0.1, 0.15) is 36.8 Å². The molecule has 0 atom stereocenters. The zero-order valence-corrected chi connectivity index (χ0v) is 13.3. The molecule has 1 aliphatic rings.